The lowest BCUT2D eigenvalue weighted by atomic mass is 10.1. The summed E-state index contributed by atoms with van der Waals surface area (Å²) in [6.07, 6.45) is 1.32. The summed E-state index contributed by atoms with van der Waals surface area (Å²) in [6.45, 7) is 1.83. The van der Waals surface area contributed by atoms with E-state index in [0.717, 1.165) is 23.1 Å². The molecule has 3 nitrogen and oxygen atoms in total. The fraction of sp³-hybridized carbons (Fsp3) is 0.273. The Morgan fingerprint density at radius 2 is 2.36 bits per heavy atom. The van der Waals surface area contributed by atoms with Gasteiger partial charge in [0.05, 0.1) is 6.07 Å². The molecule has 0 bridgehead atoms. The van der Waals surface area contributed by atoms with E-state index in [-0.39, 0.29) is 0 Å². The average molecular weight is 186 g/mol. The first-order chi connectivity index (χ1) is 6.79. The third-order valence-corrected chi connectivity index (χ3v) is 2.08. The Kier molecular flexibility index (Phi) is 2.19. The molecule has 0 saturated carbocycles. The molecule has 0 unspecified atom stereocenters. The lowest BCUT2D eigenvalue weighted by Crippen LogP contribution is -1.82. The van der Waals surface area contributed by atoms with Crippen LogP contribution >= 0.6 is 0 Å². The zero-order valence-electron chi connectivity index (χ0n) is 7.95. The van der Waals surface area contributed by atoms with Gasteiger partial charge in [-0.2, -0.15) is 5.26 Å². The number of benzene rings is 1. The normalized spacial score (nSPS) is 10.3. The zero-order chi connectivity index (χ0) is 9.97. The molecule has 0 spiro atoms. The van der Waals surface area contributed by atoms with Crippen molar-refractivity contribution >= 4 is 11.1 Å². The Bertz CT molecular complexity index is 493. The number of hydrogen-bond donors (Lipinski definition) is 0. The van der Waals surface area contributed by atoms with Gasteiger partial charge in [0, 0.05) is 13.3 Å². The fourth-order valence-corrected chi connectivity index (χ4v) is 1.44. The summed E-state index contributed by atoms with van der Waals surface area (Å²) in [4.78, 5) is 4.23. The molecule has 2 rings (SSSR count). The Balaban J connectivity index is 2.36. The van der Waals surface area contributed by atoms with Gasteiger partial charge in [-0.3, -0.25) is 0 Å². The summed E-state index contributed by atoms with van der Waals surface area (Å²) in [5.74, 6) is 0.678. The second kappa shape index (κ2) is 3.51. The second-order valence-electron chi connectivity index (χ2n) is 3.19. The minimum atomic E-state index is 0.544. The van der Waals surface area contributed by atoms with Crippen molar-refractivity contribution in [2.75, 3.05) is 0 Å². The van der Waals surface area contributed by atoms with Crippen molar-refractivity contribution in [3.05, 3.63) is 29.7 Å². The SMILES string of the molecule is Cc1nc2cc(CCC#N)ccc2o1. The Hall–Kier alpha value is -1.82. The van der Waals surface area contributed by atoms with E-state index in [1.165, 1.54) is 0 Å². The molecular weight excluding hydrogens is 176 g/mol. The highest BCUT2D eigenvalue weighted by atomic mass is 16.3. The number of aryl methyl sites for hydroxylation is 2. The highest BCUT2D eigenvalue weighted by Crippen LogP contribution is 2.17. The van der Waals surface area contributed by atoms with Crippen molar-refractivity contribution in [1.82, 2.24) is 4.98 Å². The van der Waals surface area contributed by atoms with Gasteiger partial charge in [0.15, 0.2) is 11.5 Å². The van der Waals surface area contributed by atoms with Gasteiger partial charge < -0.3 is 4.42 Å². The van der Waals surface area contributed by atoms with Gasteiger partial charge in [-0.1, -0.05) is 6.07 Å². The number of rotatable bonds is 2. The highest BCUT2D eigenvalue weighted by Gasteiger charge is 2.02. The molecule has 0 N–H and O–H groups in total. The molecule has 1 aromatic heterocycles. The van der Waals surface area contributed by atoms with Crippen molar-refractivity contribution in [1.29, 1.82) is 5.26 Å². The molecule has 3 heteroatoms. The fourth-order valence-electron chi connectivity index (χ4n) is 1.44. The van der Waals surface area contributed by atoms with E-state index in [1.54, 1.807) is 0 Å². The van der Waals surface area contributed by atoms with Crippen LogP contribution in [0.4, 0.5) is 0 Å². The first-order valence-corrected chi connectivity index (χ1v) is 4.52. The quantitative estimate of drug-likeness (QED) is 0.724. The van der Waals surface area contributed by atoms with Gasteiger partial charge >= 0.3 is 0 Å². The minimum absolute atomic E-state index is 0.544. The molecule has 0 atom stereocenters. The first kappa shape index (κ1) is 8.76. The molecule has 0 radical (unpaired) electrons. The molecule has 0 aliphatic rings. The predicted molar refractivity (Wildman–Crippen MR) is 52.7 cm³/mol. The summed E-state index contributed by atoms with van der Waals surface area (Å²) < 4.78 is 5.35. The molecule has 0 amide bonds. The Labute approximate surface area is 82.0 Å². The van der Waals surface area contributed by atoms with Crippen molar-refractivity contribution in [2.24, 2.45) is 0 Å². The molecule has 0 fully saturated rings. The van der Waals surface area contributed by atoms with E-state index in [2.05, 4.69) is 11.1 Å². The predicted octanol–water partition coefficient (Wildman–Crippen LogP) is 2.59. The third kappa shape index (κ3) is 1.60. The zero-order valence-corrected chi connectivity index (χ0v) is 7.95. The summed E-state index contributed by atoms with van der Waals surface area (Å²) in [7, 11) is 0. The average Bonchev–Trinajstić information content (AvgIpc) is 2.54. The van der Waals surface area contributed by atoms with Crippen molar-refractivity contribution in [3.8, 4) is 6.07 Å². The van der Waals surface area contributed by atoms with Crippen LogP contribution in [0.5, 0.6) is 0 Å². The largest absolute Gasteiger partial charge is 0.441 e. The lowest BCUT2D eigenvalue weighted by Gasteiger charge is -1.94. The van der Waals surface area contributed by atoms with E-state index in [1.807, 2.05) is 25.1 Å². The van der Waals surface area contributed by atoms with Gasteiger partial charge in [0.1, 0.15) is 5.52 Å². The number of fused-ring (bicyclic) bond motifs is 1. The molecule has 70 valence electrons. The maximum Gasteiger partial charge on any atom is 0.192 e. The van der Waals surface area contributed by atoms with Crippen LogP contribution in [0, 0.1) is 18.3 Å². The van der Waals surface area contributed by atoms with Crippen LogP contribution in [-0.2, 0) is 6.42 Å². The molecular formula is C11H10N2O. The van der Waals surface area contributed by atoms with Crippen LogP contribution < -0.4 is 0 Å². The van der Waals surface area contributed by atoms with E-state index >= 15 is 0 Å². The van der Waals surface area contributed by atoms with Crippen molar-refractivity contribution in [3.63, 3.8) is 0 Å². The monoisotopic (exact) mass is 186 g/mol. The van der Waals surface area contributed by atoms with Gasteiger partial charge in [-0.25, -0.2) is 4.98 Å². The van der Waals surface area contributed by atoms with Gasteiger partial charge in [0.2, 0.25) is 0 Å². The topological polar surface area (TPSA) is 49.8 Å². The number of hydrogen-bond acceptors (Lipinski definition) is 3. The summed E-state index contributed by atoms with van der Waals surface area (Å²) >= 11 is 0. The number of nitriles is 1. The standard InChI is InChI=1S/C11H10N2O/c1-8-13-10-7-9(3-2-6-12)4-5-11(10)14-8/h4-5,7H,2-3H2,1H3. The number of nitrogens with zero attached hydrogens (tertiary/aromatic N) is 2. The molecule has 14 heavy (non-hydrogen) atoms. The Morgan fingerprint density at radius 3 is 3.14 bits per heavy atom. The molecule has 1 aromatic carbocycles. The number of oxazole rings is 1. The second-order valence-corrected chi connectivity index (χ2v) is 3.19. The van der Waals surface area contributed by atoms with Crippen LogP contribution in [-0.4, -0.2) is 4.98 Å². The highest BCUT2D eigenvalue weighted by molar-refractivity contribution is 5.73. The van der Waals surface area contributed by atoms with Crippen LogP contribution in [0.3, 0.4) is 0 Å². The first-order valence-electron chi connectivity index (χ1n) is 4.52. The summed E-state index contributed by atoms with van der Waals surface area (Å²) in [5, 5.41) is 8.46. The molecule has 1 heterocycles. The van der Waals surface area contributed by atoms with Gasteiger partial charge in [0.25, 0.3) is 0 Å². The molecule has 0 aliphatic carbocycles. The number of aromatic nitrogens is 1. The van der Waals surface area contributed by atoms with Crippen LogP contribution in [0.1, 0.15) is 17.9 Å². The van der Waals surface area contributed by atoms with Gasteiger partial charge in [-0.05, 0) is 24.1 Å². The molecule has 0 aliphatic heterocycles. The van der Waals surface area contributed by atoms with Crippen LogP contribution in [0.2, 0.25) is 0 Å². The summed E-state index contributed by atoms with van der Waals surface area (Å²) in [5.41, 5.74) is 2.81. The van der Waals surface area contributed by atoms with Crippen molar-refractivity contribution in [2.45, 2.75) is 19.8 Å². The van der Waals surface area contributed by atoms with Crippen molar-refractivity contribution < 1.29 is 4.42 Å². The third-order valence-electron chi connectivity index (χ3n) is 2.08. The van der Waals surface area contributed by atoms with E-state index < -0.39 is 0 Å². The van der Waals surface area contributed by atoms with E-state index in [4.69, 9.17) is 9.68 Å². The maximum absolute atomic E-state index is 8.46. The minimum Gasteiger partial charge on any atom is -0.441 e. The van der Waals surface area contributed by atoms with Crippen LogP contribution in [0.25, 0.3) is 11.1 Å². The summed E-state index contributed by atoms with van der Waals surface area (Å²) in [6, 6.07) is 7.98. The van der Waals surface area contributed by atoms with E-state index in [0.29, 0.717) is 12.3 Å². The Morgan fingerprint density at radius 1 is 1.50 bits per heavy atom. The molecule has 0 saturated heterocycles. The van der Waals surface area contributed by atoms with Crippen LogP contribution in [0.15, 0.2) is 22.6 Å². The maximum atomic E-state index is 8.46. The van der Waals surface area contributed by atoms with E-state index in [9.17, 15) is 0 Å². The lowest BCUT2D eigenvalue weighted by molar-refractivity contribution is 0.561. The molecule has 2 aromatic rings. The van der Waals surface area contributed by atoms with Gasteiger partial charge in [-0.15, -0.1) is 0 Å². The smallest absolute Gasteiger partial charge is 0.192 e.